The summed E-state index contributed by atoms with van der Waals surface area (Å²) in [6, 6.07) is 11.3. The third kappa shape index (κ3) is 3.89. The number of para-hydroxylation sites is 2. The molecule has 1 aliphatic heterocycles. The molecule has 140 valence electrons. The van der Waals surface area contributed by atoms with Crippen LogP contribution in [-0.4, -0.2) is 29.3 Å². The van der Waals surface area contributed by atoms with Crippen molar-refractivity contribution in [2.45, 2.75) is 26.3 Å². The van der Waals surface area contributed by atoms with Crippen molar-refractivity contribution in [2.75, 3.05) is 22.1 Å². The van der Waals surface area contributed by atoms with E-state index in [9.17, 15) is 19.7 Å². The highest BCUT2D eigenvalue weighted by Crippen LogP contribution is 2.31. The van der Waals surface area contributed by atoms with Crippen molar-refractivity contribution in [1.82, 2.24) is 0 Å². The highest BCUT2D eigenvalue weighted by molar-refractivity contribution is 6.05. The number of benzene rings is 2. The van der Waals surface area contributed by atoms with Crippen molar-refractivity contribution in [1.29, 1.82) is 0 Å². The van der Waals surface area contributed by atoms with Gasteiger partial charge in [0.2, 0.25) is 11.8 Å². The van der Waals surface area contributed by atoms with Crippen molar-refractivity contribution in [3.8, 4) is 0 Å². The number of fused-ring (bicyclic) bond motifs is 1. The van der Waals surface area contributed by atoms with Crippen LogP contribution in [0.25, 0.3) is 0 Å². The van der Waals surface area contributed by atoms with Gasteiger partial charge in [0.15, 0.2) is 0 Å². The van der Waals surface area contributed by atoms with Gasteiger partial charge in [-0.25, -0.2) is 0 Å². The molecule has 3 rings (SSSR count). The first kappa shape index (κ1) is 18.4. The molecule has 0 bridgehead atoms. The van der Waals surface area contributed by atoms with E-state index in [1.807, 2.05) is 13.8 Å². The molecule has 2 N–H and O–H groups in total. The zero-order chi connectivity index (χ0) is 19.6. The fourth-order valence-corrected chi connectivity index (χ4v) is 3.14. The second-order valence-electron chi connectivity index (χ2n) is 6.49. The lowest BCUT2D eigenvalue weighted by atomic mass is 10.1. The van der Waals surface area contributed by atoms with E-state index >= 15 is 0 Å². The molecule has 8 heteroatoms. The third-order valence-corrected chi connectivity index (χ3v) is 4.49. The summed E-state index contributed by atoms with van der Waals surface area (Å²) in [6.45, 7) is 3.58. The Morgan fingerprint density at radius 3 is 2.81 bits per heavy atom. The summed E-state index contributed by atoms with van der Waals surface area (Å²) >= 11 is 0. The Balaban J connectivity index is 1.83. The molecule has 1 aliphatic rings. The molecule has 2 amide bonds. The minimum absolute atomic E-state index is 0.0427. The van der Waals surface area contributed by atoms with E-state index in [1.165, 1.54) is 12.1 Å². The van der Waals surface area contributed by atoms with Gasteiger partial charge in [0.1, 0.15) is 0 Å². The van der Waals surface area contributed by atoms with Gasteiger partial charge in [-0.1, -0.05) is 18.2 Å². The minimum Gasteiger partial charge on any atom is -0.376 e. The number of nitrogens with zero attached hydrogens (tertiary/aromatic N) is 2. The molecule has 2 aromatic carbocycles. The highest BCUT2D eigenvalue weighted by Gasteiger charge is 2.29. The van der Waals surface area contributed by atoms with Crippen LogP contribution in [-0.2, 0) is 9.59 Å². The third-order valence-electron chi connectivity index (χ3n) is 4.49. The van der Waals surface area contributed by atoms with Gasteiger partial charge >= 0.3 is 0 Å². The van der Waals surface area contributed by atoms with E-state index in [1.54, 1.807) is 35.2 Å². The molecule has 0 aliphatic carbocycles. The summed E-state index contributed by atoms with van der Waals surface area (Å²) in [5, 5.41) is 16.8. The first-order valence-electron chi connectivity index (χ1n) is 8.56. The number of carbonyl (C=O) groups excluding carboxylic acids is 2. The smallest absolute Gasteiger partial charge is 0.271 e. The lowest BCUT2D eigenvalue weighted by Gasteiger charge is -2.28. The van der Waals surface area contributed by atoms with E-state index in [0.29, 0.717) is 17.1 Å². The minimum atomic E-state index is -0.475. The molecule has 8 nitrogen and oxygen atoms in total. The summed E-state index contributed by atoms with van der Waals surface area (Å²) in [7, 11) is 0. The van der Waals surface area contributed by atoms with Crippen molar-refractivity contribution in [3.63, 3.8) is 0 Å². The van der Waals surface area contributed by atoms with Gasteiger partial charge < -0.3 is 15.5 Å². The quantitative estimate of drug-likeness (QED) is 0.637. The van der Waals surface area contributed by atoms with E-state index in [-0.39, 0.29) is 36.5 Å². The van der Waals surface area contributed by atoms with E-state index < -0.39 is 4.92 Å². The van der Waals surface area contributed by atoms with Gasteiger partial charge in [-0.05, 0) is 31.5 Å². The number of rotatable bonds is 4. The molecule has 0 saturated carbocycles. The average Bonchev–Trinajstić information content (AvgIpc) is 2.74. The molecule has 1 heterocycles. The number of anilines is 3. The number of hydrogen-bond acceptors (Lipinski definition) is 5. The summed E-state index contributed by atoms with van der Waals surface area (Å²) in [4.78, 5) is 37.0. The second kappa shape index (κ2) is 7.45. The Morgan fingerprint density at radius 2 is 2.07 bits per heavy atom. The summed E-state index contributed by atoms with van der Waals surface area (Å²) in [5.41, 5.74) is 2.51. The molecular formula is C19H20N4O4. The zero-order valence-corrected chi connectivity index (χ0v) is 15.1. The van der Waals surface area contributed by atoms with Gasteiger partial charge in [-0.2, -0.15) is 0 Å². The van der Waals surface area contributed by atoms with Crippen LogP contribution in [0.5, 0.6) is 0 Å². The normalized spacial score (nSPS) is 16.1. The maximum atomic E-state index is 12.9. The maximum Gasteiger partial charge on any atom is 0.271 e. The Kier molecular flexibility index (Phi) is 5.07. The maximum absolute atomic E-state index is 12.9. The van der Waals surface area contributed by atoms with Gasteiger partial charge in [0.25, 0.3) is 5.69 Å². The lowest BCUT2D eigenvalue weighted by molar-refractivity contribution is -0.384. The second-order valence-corrected chi connectivity index (χ2v) is 6.49. The topological polar surface area (TPSA) is 105 Å². The number of non-ortho nitro benzene ring substituents is 1. The van der Waals surface area contributed by atoms with Crippen LogP contribution >= 0.6 is 0 Å². The predicted molar refractivity (Wildman–Crippen MR) is 103 cm³/mol. The van der Waals surface area contributed by atoms with Crippen LogP contribution < -0.4 is 15.5 Å². The Morgan fingerprint density at radius 1 is 1.33 bits per heavy atom. The van der Waals surface area contributed by atoms with Gasteiger partial charge in [-0.15, -0.1) is 0 Å². The average molecular weight is 368 g/mol. The van der Waals surface area contributed by atoms with E-state index in [0.717, 1.165) is 5.56 Å². The van der Waals surface area contributed by atoms with Crippen LogP contribution in [0.4, 0.5) is 22.7 Å². The number of amides is 2. The predicted octanol–water partition coefficient (Wildman–Crippen LogP) is 3.08. The van der Waals surface area contributed by atoms with Crippen molar-refractivity contribution >= 4 is 34.6 Å². The molecule has 0 unspecified atom stereocenters. The van der Waals surface area contributed by atoms with Crippen molar-refractivity contribution in [2.24, 2.45) is 0 Å². The SMILES string of the molecule is Cc1ccc([N+](=O)[O-])cc1NCC(=O)N1c2ccccc2NC(=O)C[C@H]1C. The molecule has 0 aromatic heterocycles. The molecule has 0 saturated heterocycles. The van der Waals surface area contributed by atoms with Crippen LogP contribution in [0.2, 0.25) is 0 Å². The van der Waals surface area contributed by atoms with Crippen LogP contribution in [0.3, 0.4) is 0 Å². The van der Waals surface area contributed by atoms with E-state index in [4.69, 9.17) is 0 Å². The molecule has 0 fully saturated rings. The number of carbonyl (C=O) groups is 2. The number of nitro groups is 1. The fourth-order valence-electron chi connectivity index (χ4n) is 3.14. The van der Waals surface area contributed by atoms with Gasteiger partial charge in [0.05, 0.1) is 22.8 Å². The number of nitrogens with one attached hydrogen (secondary N) is 2. The Bertz CT molecular complexity index is 912. The van der Waals surface area contributed by atoms with Crippen LogP contribution in [0.1, 0.15) is 18.9 Å². The van der Waals surface area contributed by atoms with Crippen molar-refractivity contribution < 1.29 is 14.5 Å². The molecular weight excluding hydrogens is 348 g/mol. The van der Waals surface area contributed by atoms with Crippen LogP contribution in [0, 0.1) is 17.0 Å². The van der Waals surface area contributed by atoms with E-state index in [2.05, 4.69) is 10.6 Å². The molecule has 2 aromatic rings. The molecule has 27 heavy (non-hydrogen) atoms. The first-order valence-corrected chi connectivity index (χ1v) is 8.56. The standard InChI is InChI=1S/C19H20N4O4/c1-12-7-8-14(23(26)27)10-16(12)20-11-19(25)22-13(2)9-18(24)21-15-5-3-4-6-17(15)22/h3-8,10,13,20H,9,11H2,1-2H3,(H,21,24)/t13-/m1/s1. The first-order chi connectivity index (χ1) is 12.9. The summed E-state index contributed by atoms with van der Waals surface area (Å²) in [5.74, 6) is -0.370. The number of aryl methyl sites for hydroxylation is 1. The van der Waals surface area contributed by atoms with Gasteiger partial charge in [0, 0.05) is 30.3 Å². The monoisotopic (exact) mass is 368 g/mol. The lowest BCUT2D eigenvalue weighted by Crippen LogP contribution is -2.42. The molecule has 0 radical (unpaired) electrons. The zero-order valence-electron chi connectivity index (χ0n) is 15.1. The highest BCUT2D eigenvalue weighted by atomic mass is 16.6. The Labute approximate surface area is 156 Å². The summed E-state index contributed by atoms with van der Waals surface area (Å²) in [6.07, 6.45) is 0.191. The Hall–Kier alpha value is -3.42. The number of hydrogen-bond donors (Lipinski definition) is 2. The summed E-state index contributed by atoms with van der Waals surface area (Å²) < 4.78 is 0. The molecule has 1 atom stereocenters. The van der Waals surface area contributed by atoms with Crippen molar-refractivity contribution in [3.05, 3.63) is 58.1 Å². The molecule has 0 spiro atoms. The van der Waals surface area contributed by atoms with Crippen LogP contribution in [0.15, 0.2) is 42.5 Å². The van der Waals surface area contributed by atoms with Gasteiger partial charge in [-0.3, -0.25) is 19.7 Å². The fraction of sp³-hybridized carbons (Fsp3) is 0.263. The number of nitro benzene ring substituents is 1. The largest absolute Gasteiger partial charge is 0.376 e.